The van der Waals surface area contributed by atoms with Gasteiger partial charge in [-0.05, 0) is 53.8 Å². The molecule has 0 aromatic heterocycles. The highest BCUT2D eigenvalue weighted by atomic mass is 16.5. The van der Waals surface area contributed by atoms with Crippen LogP contribution in [-0.2, 0) is 11.2 Å². The largest absolute Gasteiger partial charge is 0.378 e. The predicted molar refractivity (Wildman–Crippen MR) is 118 cm³/mol. The van der Waals surface area contributed by atoms with Crippen LogP contribution in [0.25, 0.3) is 11.1 Å². The molecule has 3 heteroatoms. The van der Waals surface area contributed by atoms with Gasteiger partial charge in [-0.15, -0.1) is 0 Å². The first kappa shape index (κ1) is 19.2. The lowest BCUT2D eigenvalue weighted by Gasteiger charge is -2.42. The van der Waals surface area contributed by atoms with E-state index in [-0.39, 0.29) is 5.60 Å². The van der Waals surface area contributed by atoms with Crippen LogP contribution in [0.15, 0.2) is 78.9 Å². The standard InChI is InChI=1S/C26H26N2O/c1-29-26(15-17-28(18-16-26)24-13-11-21(20-27)12-14-24)19-23-9-5-6-10-25(23)22-7-3-2-4-8-22/h2-14H,15-19H2,1H3. The first-order valence-electron chi connectivity index (χ1n) is 10.2. The van der Waals surface area contributed by atoms with Gasteiger partial charge in [0.1, 0.15) is 0 Å². The van der Waals surface area contributed by atoms with Crippen molar-refractivity contribution in [2.75, 3.05) is 25.1 Å². The summed E-state index contributed by atoms with van der Waals surface area (Å²) in [6, 6.07) is 29.3. The highest BCUT2D eigenvalue weighted by molar-refractivity contribution is 5.67. The second-order valence-electron chi connectivity index (χ2n) is 7.73. The van der Waals surface area contributed by atoms with E-state index in [1.807, 2.05) is 31.4 Å². The maximum atomic E-state index is 9.00. The molecular formula is C26H26N2O. The number of anilines is 1. The summed E-state index contributed by atoms with van der Waals surface area (Å²) in [6.45, 7) is 1.90. The summed E-state index contributed by atoms with van der Waals surface area (Å²) < 4.78 is 6.12. The van der Waals surface area contributed by atoms with E-state index >= 15 is 0 Å². The number of hydrogen-bond acceptors (Lipinski definition) is 3. The average molecular weight is 383 g/mol. The molecule has 4 rings (SSSR count). The third-order valence-electron chi connectivity index (χ3n) is 6.08. The van der Waals surface area contributed by atoms with Crippen molar-refractivity contribution >= 4 is 5.69 Å². The van der Waals surface area contributed by atoms with E-state index in [0.717, 1.165) is 32.4 Å². The minimum absolute atomic E-state index is 0.145. The lowest BCUT2D eigenvalue weighted by molar-refractivity contribution is -0.0288. The van der Waals surface area contributed by atoms with Crippen LogP contribution >= 0.6 is 0 Å². The molecule has 0 unspecified atom stereocenters. The van der Waals surface area contributed by atoms with Gasteiger partial charge in [-0.1, -0.05) is 54.6 Å². The zero-order valence-corrected chi connectivity index (χ0v) is 16.8. The van der Waals surface area contributed by atoms with Gasteiger partial charge in [0.15, 0.2) is 0 Å². The Balaban J connectivity index is 1.51. The first-order chi connectivity index (χ1) is 14.2. The van der Waals surface area contributed by atoms with Crippen LogP contribution in [0.5, 0.6) is 0 Å². The third kappa shape index (κ3) is 4.18. The maximum Gasteiger partial charge on any atom is 0.0991 e. The Labute approximate surface area is 173 Å². The predicted octanol–water partition coefficient (Wildman–Crippen LogP) is 5.45. The van der Waals surface area contributed by atoms with Gasteiger partial charge in [-0.3, -0.25) is 0 Å². The fourth-order valence-electron chi connectivity index (χ4n) is 4.29. The quantitative estimate of drug-likeness (QED) is 0.588. The van der Waals surface area contributed by atoms with Gasteiger partial charge in [0, 0.05) is 32.3 Å². The van der Waals surface area contributed by atoms with Gasteiger partial charge in [0.05, 0.1) is 17.2 Å². The fraction of sp³-hybridized carbons (Fsp3) is 0.269. The van der Waals surface area contributed by atoms with Crippen LogP contribution in [0, 0.1) is 11.3 Å². The SMILES string of the molecule is COC1(Cc2ccccc2-c2ccccc2)CCN(c2ccc(C#N)cc2)CC1. The lowest BCUT2D eigenvalue weighted by atomic mass is 9.82. The average Bonchev–Trinajstić information content (AvgIpc) is 2.80. The number of methoxy groups -OCH3 is 1. The van der Waals surface area contributed by atoms with Crippen LogP contribution in [0.2, 0.25) is 0 Å². The molecule has 0 saturated carbocycles. The molecule has 0 atom stereocenters. The summed E-state index contributed by atoms with van der Waals surface area (Å²) >= 11 is 0. The second kappa shape index (κ2) is 8.51. The summed E-state index contributed by atoms with van der Waals surface area (Å²) in [5, 5.41) is 9.00. The van der Waals surface area contributed by atoms with E-state index in [2.05, 4.69) is 65.6 Å². The number of nitrogens with zero attached hydrogens (tertiary/aromatic N) is 2. The molecule has 0 aliphatic carbocycles. The van der Waals surface area contributed by atoms with E-state index in [9.17, 15) is 0 Å². The van der Waals surface area contributed by atoms with Crippen LogP contribution in [0.4, 0.5) is 5.69 Å². The van der Waals surface area contributed by atoms with E-state index in [4.69, 9.17) is 10.00 Å². The van der Waals surface area contributed by atoms with Gasteiger partial charge in [0.2, 0.25) is 0 Å². The summed E-state index contributed by atoms with van der Waals surface area (Å²) in [4.78, 5) is 2.39. The van der Waals surface area contributed by atoms with Gasteiger partial charge in [0.25, 0.3) is 0 Å². The molecule has 3 aromatic carbocycles. The first-order valence-corrected chi connectivity index (χ1v) is 10.2. The molecule has 3 aromatic rings. The maximum absolute atomic E-state index is 9.00. The number of ether oxygens (including phenoxy) is 1. The summed E-state index contributed by atoms with van der Waals surface area (Å²) in [7, 11) is 1.85. The Kier molecular flexibility index (Phi) is 5.64. The minimum atomic E-state index is -0.145. The summed E-state index contributed by atoms with van der Waals surface area (Å²) in [6.07, 6.45) is 2.87. The molecule has 1 saturated heterocycles. The van der Waals surface area contributed by atoms with E-state index in [0.29, 0.717) is 5.56 Å². The monoisotopic (exact) mass is 382 g/mol. The molecule has 1 aliphatic heterocycles. The van der Waals surface area contributed by atoms with E-state index in [1.54, 1.807) is 0 Å². The molecule has 29 heavy (non-hydrogen) atoms. The molecule has 146 valence electrons. The smallest absolute Gasteiger partial charge is 0.0991 e. The molecular weight excluding hydrogens is 356 g/mol. The molecule has 0 N–H and O–H groups in total. The molecule has 0 amide bonds. The van der Waals surface area contributed by atoms with Crippen LogP contribution in [-0.4, -0.2) is 25.8 Å². The topological polar surface area (TPSA) is 36.3 Å². The minimum Gasteiger partial charge on any atom is -0.378 e. The molecule has 0 bridgehead atoms. The molecule has 0 radical (unpaired) electrons. The van der Waals surface area contributed by atoms with Crippen molar-refractivity contribution in [3.63, 3.8) is 0 Å². The van der Waals surface area contributed by atoms with Crippen LogP contribution in [0.3, 0.4) is 0 Å². The molecule has 1 fully saturated rings. The van der Waals surface area contributed by atoms with E-state index in [1.165, 1.54) is 22.4 Å². The lowest BCUT2D eigenvalue weighted by Crippen LogP contribution is -2.47. The van der Waals surface area contributed by atoms with Crippen molar-refractivity contribution in [3.8, 4) is 17.2 Å². The Bertz CT molecular complexity index is 981. The van der Waals surface area contributed by atoms with Crippen molar-refractivity contribution in [1.82, 2.24) is 0 Å². The van der Waals surface area contributed by atoms with Crippen molar-refractivity contribution in [1.29, 1.82) is 5.26 Å². The number of piperidine rings is 1. The van der Waals surface area contributed by atoms with Crippen molar-refractivity contribution in [2.45, 2.75) is 24.9 Å². The number of nitriles is 1. The van der Waals surface area contributed by atoms with E-state index < -0.39 is 0 Å². The number of benzene rings is 3. The Hall–Kier alpha value is -3.09. The summed E-state index contributed by atoms with van der Waals surface area (Å²) in [5.74, 6) is 0. The van der Waals surface area contributed by atoms with Crippen LogP contribution in [0.1, 0.15) is 24.0 Å². The van der Waals surface area contributed by atoms with Gasteiger partial charge < -0.3 is 9.64 Å². The van der Waals surface area contributed by atoms with Gasteiger partial charge in [-0.25, -0.2) is 0 Å². The molecule has 1 heterocycles. The highest BCUT2D eigenvalue weighted by Gasteiger charge is 2.35. The number of hydrogen-bond donors (Lipinski definition) is 0. The number of rotatable bonds is 5. The molecule has 3 nitrogen and oxygen atoms in total. The zero-order chi connectivity index (χ0) is 20.1. The zero-order valence-electron chi connectivity index (χ0n) is 16.8. The van der Waals surface area contributed by atoms with Gasteiger partial charge in [-0.2, -0.15) is 5.26 Å². The van der Waals surface area contributed by atoms with Gasteiger partial charge >= 0.3 is 0 Å². The summed E-state index contributed by atoms with van der Waals surface area (Å²) in [5.41, 5.74) is 5.62. The normalized spacial score (nSPS) is 15.7. The Morgan fingerprint density at radius 1 is 0.897 bits per heavy atom. The van der Waals surface area contributed by atoms with Crippen LogP contribution < -0.4 is 4.90 Å². The van der Waals surface area contributed by atoms with Crippen molar-refractivity contribution < 1.29 is 4.74 Å². The highest BCUT2D eigenvalue weighted by Crippen LogP contribution is 2.35. The Morgan fingerprint density at radius 3 is 2.21 bits per heavy atom. The Morgan fingerprint density at radius 2 is 1.55 bits per heavy atom. The fourth-order valence-corrected chi connectivity index (χ4v) is 4.29. The molecule has 0 spiro atoms. The van der Waals surface area contributed by atoms with Crippen molar-refractivity contribution in [3.05, 3.63) is 90.0 Å². The third-order valence-corrected chi connectivity index (χ3v) is 6.08. The second-order valence-corrected chi connectivity index (χ2v) is 7.73. The molecule has 1 aliphatic rings. The van der Waals surface area contributed by atoms with Crippen molar-refractivity contribution in [2.24, 2.45) is 0 Å².